The SMILES string of the molecule is B[PH](c1ccccc1)(c1ccccc1)c1ccc(O)cc1. The van der Waals surface area contributed by atoms with Gasteiger partial charge in [0.2, 0.25) is 0 Å². The van der Waals surface area contributed by atoms with E-state index in [1.54, 1.807) is 12.1 Å². The van der Waals surface area contributed by atoms with E-state index in [0.29, 0.717) is 5.75 Å². The molecule has 3 heteroatoms. The molecule has 3 aromatic carbocycles. The molecule has 0 radical (unpaired) electrons. The summed E-state index contributed by atoms with van der Waals surface area (Å²) in [5, 5.41) is 13.6. The molecule has 0 unspecified atom stereocenters. The Balaban J connectivity index is 2.23. The van der Waals surface area contributed by atoms with Gasteiger partial charge in [0, 0.05) is 0 Å². The molecule has 0 bridgehead atoms. The number of aromatic hydroxyl groups is 1. The van der Waals surface area contributed by atoms with Crippen molar-refractivity contribution in [3.63, 3.8) is 0 Å². The van der Waals surface area contributed by atoms with Gasteiger partial charge in [0.1, 0.15) is 0 Å². The third kappa shape index (κ3) is 2.60. The van der Waals surface area contributed by atoms with Gasteiger partial charge in [-0.2, -0.15) is 0 Å². The Kier molecular flexibility index (Phi) is 3.81. The summed E-state index contributed by atoms with van der Waals surface area (Å²) in [4.78, 5) is 0. The fourth-order valence-electron chi connectivity index (χ4n) is 2.84. The summed E-state index contributed by atoms with van der Waals surface area (Å²) in [7, 11) is 0.353. The molecule has 0 amide bonds. The molecule has 0 heterocycles. The molecule has 1 nitrogen and oxygen atoms in total. The van der Waals surface area contributed by atoms with E-state index in [-0.39, 0.29) is 0 Å². The quantitative estimate of drug-likeness (QED) is 0.578. The van der Waals surface area contributed by atoms with E-state index in [1.807, 2.05) is 0 Å². The number of rotatable bonds is 3. The van der Waals surface area contributed by atoms with E-state index in [9.17, 15) is 5.11 Å². The van der Waals surface area contributed by atoms with Crippen LogP contribution in [0.2, 0.25) is 0 Å². The summed E-state index contributed by atoms with van der Waals surface area (Å²) < 4.78 is 0. The first-order valence-electron chi connectivity index (χ1n) is 7.12. The van der Waals surface area contributed by atoms with Crippen molar-refractivity contribution < 1.29 is 5.11 Å². The average Bonchev–Trinajstić information content (AvgIpc) is 2.56. The van der Waals surface area contributed by atoms with Crippen LogP contribution in [0.5, 0.6) is 5.75 Å². The third-order valence-corrected chi connectivity index (χ3v) is 8.61. The third-order valence-electron chi connectivity index (χ3n) is 4.15. The summed E-state index contributed by atoms with van der Waals surface area (Å²) in [5.41, 5.74) is 0. The van der Waals surface area contributed by atoms with Gasteiger partial charge in [-0.05, 0) is 0 Å². The van der Waals surface area contributed by atoms with Crippen molar-refractivity contribution in [1.29, 1.82) is 0 Å². The van der Waals surface area contributed by atoms with Crippen LogP contribution in [-0.2, 0) is 0 Å². The molecule has 0 atom stereocenters. The van der Waals surface area contributed by atoms with Crippen LogP contribution >= 0.6 is 7.14 Å². The Morgan fingerprint density at radius 1 is 0.571 bits per heavy atom. The van der Waals surface area contributed by atoms with Gasteiger partial charge in [0.25, 0.3) is 0 Å². The van der Waals surface area contributed by atoms with Gasteiger partial charge in [-0.1, -0.05) is 0 Å². The minimum absolute atomic E-state index is 0.316. The number of phenols is 1. The Labute approximate surface area is 127 Å². The second-order valence-corrected chi connectivity index (χ2v) is 9.39. The summed E-state index contributed by atoms with van der Waals surface area (Å²) in [6.07, 6.45) is 0. The van der Waals surface area contributed by atoms with Gasteiger partial charge < -0.3 is 0 Å². The van der Waals surface area contributed by atoms with E-state index >= 15 is 0 Å². The second kappa shape index (κ2) is 5.75. The topological polar surface area (TPSA) is 20.2 Å². The number of hydrogen-bond acceptors (Lipinski definition) is 1. The fourth-order valence-corrected chi connectivity index (χ4v) is 6.39. The molecular weight excluding hydrogens is 274 g/mol. The Hall–Kier alpha value is -2.05. The summed E-state index contributed by atoms with van der Waals surface area (Å²) in [6, 6.07) is 29.1. The molecule has 3 aromatic rings. The van der Waals surface area contributed by atoms with Gasteiger partial charge >= 0.3 is 126 Å². The zero-order valence-corrected chi connectivity index (χ0v) is 13.0. The maximum absolute atomic E-state index is 9.58. The van der Waals surface area contributed by atoms with Crippen molar-refractivity contribution in [2.45, 2.75) is 0 Å². The van der Waals surface area contributed by atoms with Crippen LogP contribution < -0.4 is 15.9 Å². The predicted molar refractivity (Wildman–Crippen MR) is 96.8 cm³/mol. The first kappa shape index (κ1) is 13.9. The van der Waals surface area contributed by atoms with Gasteiger partial charge in [-0.3, -0.25) is 0 Å². The van der Waals surface area contributed by atoms with Crippen LogP contribution in [0.25, 0.3) is 0 Å². The molecule has 0 spiro atoms. The van der Waals surface area contributed by atoms with Crippen molar-refractivity contribution in [1.82, 2.24) is 0 Å². The summed E-state index contributed by atoms with van der Waals surface area (Å²) >= 11 is 0. The van der Waals surface area contributed by atoms with E-state index in [2.05, 4.69) is 80.4 Å². The van der Waals surface area contributed by atoms with E-state index in [0.717, 1.165) is 0 Å². The Morgan fingerprint density at radius 2 is 0.952 bits per heavy atom. The molecule has 0 aliphatic heterocycles. The van der Waals surface area contributed by atoms with Gasteiger partial charge in [-0.15, -0.1) is 0 Å². The van der Waals surface area contributed by atoms with E-state index in [4.69, 9.17) is 0 Å². The Morgan fingerprint density at radius 3 is 1.38 bits per heavy atom. The van der Waals surface area contributed by atoms with E-state index in [1.165, 1.54) is 15.9 Å². The molecule has 1 N–H and O–H groups in total. The second-order valence-electron chi connectivity index (χ2n) is 5.40. The monoisotopic (exact) mass is 292 g/mol. The Bertz CT molecular complexity index is 672. The normalized spacial score (nSPS) is 12.0. The molecule has 0 aromatic heterocycles. The van der Waals surface area contributed by atoms with Gasteiger partial charge in [0.15, 0.2) is 0 Å². The van der Waals surface area contributed by atoms with Crippen LogP contribution in [0.1, 0.15) is 0 Å². The van der Waals surface area contributed by atoms with Gasteiger partial charge in [0.05, 0.1) is 0 Å². The van der Waals surface area contributed by atoms with Crippen LogP contribution in [0.4, 0.5) is 0 Å². The maximum atomic E-state index is 9.58. The zero-order chi connectivity index (χ0) is 14.7. The molecular formula is C18H18BOP. The molecule has 0 fully saturated rings. The van der Waals surface area contributed by atoms with Crippen LogP contribution in [0.3, 0.4) is 0 Å². The molecule has 0 aliphatic carbocycles. The summed E-state index contributed by atoms with van der Waals surface area (Å²) in [5.74, 6) is 0.316. The van der Waals surface area contributed by atoms with Gasteiger partial charge in [-0.25, -0.2) is 0 Å². The molecule has 104 valence electrons. The van der Waals surface area contributed by atoms with Crippen LogP contribution in [-0.4, -0.2) is 12.7 Å². The van der Waals surface area contributed by atoms with Crippen LogP contribution in [0, 0.1) is 0 Å². The molecule has 0 saturated heterocycles. The first-order valence-corrected chi connectivity index (χ1v) is 9.62. The minimum atomic E-state index is -2.01. The van der Waals surface area contributed by atoms with Crippen molar-refractivity contribution in [3.05, 3.63) is 84.9 Å². The molecule has 21 heavy (non-hydrogen) atoms. The fraction of sp³-hybridized carbons (Fsp3) is 0. The van der Waals surface area contributed by atoms with Crippen molar-refractivity contribution in [2.75, 3.05) is 0 Å². The van der Waals surface area contributed by atoms with Crippen molar-refractivity contribution in [3.8, 4) is 5.75 Å². The predicted octanol–water partition coefficient (Wildman–Crippen LogP) is 1.97. The molecule has 0 saturated carbocycles. The first-order chi connectivity index (χ1) is 10.2. The van der Waals surface area contributed by atoms with E-state index < -0.39 is 7.14 Å². The molecule has 0 aliphatic rings. The van der Waals surface area contributed by atoms with Crippen molar-refractivity contribution >= 4 is 30.6 Å². The van der Waals surface area contributed by atoms with Crippen LogP contribution in [0.15, 0.2) is 84.9 Å². The zero-order valence-electron chi connectivity index (χ0n) is 12.0. The average molecular weight is 292 g/mol. The molecule has 3 rings (SSSR count). The number of benzene rings is 3. The number of phenolic OH excluding ortho intramolecular Hbond substituents is 1. The van der Waals surface area contributed by atoms with Crippen molar-refractivity contribution in [2.24, 2.45) is 0 Å². The number of hydrogen-bond donors (Lipinski definition) is 1. The summed E-state index contributed by atoms with van der Waals surface area (Å²) in [6.45, 7) is 0. The standard InChI is InChI=1S/C18H18BOP/c19-21(16-7-3-1-4-8-16,17-9-5-2-6-10-17)18-13-11-15(20)12-14-18/h1-14,20-21H,19H2.